The van der Waals surface area contributed by atoms with E-state index in [0.717, 1.165) is 19.6 Å². The van der Waals surface area contributed by atoms with Crippen molar-refractivity contribution in [2.24, 2.45) is 5.73 Å². The zero-order valence-corrected chi connectivity index (χ0v) is 11.5. The fourth-order valence-electron chi connectivity index (χ4n) is 2.67. The minimum absolute atomic E-state index is 0.111. The van der Waals surface area contributed by atoms with Gasteiger partial charge >= 0.3 is 0 Å². The second-order valence-corrected chi connectivity index (χ2v) is 5.15. The maximum Gasteiger partial charge on any atom is 0.0450 e. The number of nitrogens with two attached hydrogens (primary N) is 1. The van der Waals surface area contributed by atoms with Crippen molar-refractivity contribution in [3.05, 3.63) is 35.9 Å². The van der Waals surface area contributed by atoms with E-state index in [2.05, 4.69) is 47.9 Å². The standard InChI is InChI=1S/C15H25N3/c1-3-17-9-11-18(12-10-17)13(2)15(16)14-7-5-4-6-8-14/h4-8,13,15H,3,9-12,16H2,1-2H3. The highest BCUT2D eigenvalue weighted by molar-refractivity contribution is 5.20. The molecule has 0 aliphatic carbocycles. The number of likely N-dealkylation sites (N-methyl/N-ethyl adjacent to an activating group) is 1. The SMILES string of the molecule is CCN1CCN(C(C)C(N)c2ccccc2)CC1. The van der Waals surface area contributed by atoms with Crippen molar-refractivity contribution in [1.82, 2.24) is 9.80 Å². The van der Waals surface area contributed by atoms with Gasteiger partial charge in [-0.25, -0.2) is 0 Å². The van der Waals surface area contributed by atoms with Crippen LogP contribution in [0.1, 0.15) is 25.5 Å². The van der Waals surface area contributed by atoms with Crippen LogP contribution in [0.15, 0.2) is 30.3 Å². The quantitative estimate of drug-likeness (QED) is 0.879. The molecule has 2 unspecified atom stereocenters. The second-order valence-electron chi connectivity index (χ2n) is 5.15. The summed E-state index contributed by atoms with van der Waals surface area (Å²) < 4.78 is 0. The predicted octanol–water partition coefficient (Wildman–Crippen LogP) is 1.71. The summed E-state index contributed by atoms with van der Waals surface area (Å²) in [6.07, 6.45) is 0. The first-order valence-electron chi connectivity index (χ1n) is 6.99. The lowest BCUT2D eigenvalue weighted by molar-refractivity contribution is 0.0950. The highest BCUT2D eigenvalue weighted by Crippen LogP contribution is 2.19. The van der Waals surface area contributed by atoms with Crippen LogP contribution < -0.4 is 5.73 Å². The van der Waals surface area contributed by atoms with Crippen molar-refractivity contribution in [3.8, 4) is 0 Å². The van der Waals surface area contributed by atoms with Crippen LogP contribution in [0.25, 0.3) is 0 Å². The molecule has 0 bridgehead atoms. The van der Waals surface area contributed by atoms with Gasteiger partial charge in [-0.3, -0.25) is 4.90 Å². The van der Waals surface area contributed by atoms with Gasteiger partial charge in [0, 0.05) is 38.3 Å². The molecule has 1 aromatic carbocycles. The fraction of sp³-hybridized carbons (Fsp3) is 0.600. The van der Waals surface area contributed by atoms with Gasteiger partial charge in [0.2, 0.25) is 0 Å². The van der Waals surface area contributed by atoms with Crippen molar-refractivity contribution < 1.29 is 0 Å². The van der Waals surface area contributed by atoms with Crippen LogP contribution in [0, 0.1) is 0 Å². The van der Waals surface area contributed by atoms with E-state index in [9.17, 15) is 0 Å². The molecule has 2 N–H and O–H groups in total. The van der Waals surface area contributed by atoms with E-state index in [1.165, 1.54) is 18.7 Å². The van der Waals surface area contributed by atoms with Crippen LogP contribution in [0.3, 0.4) is 0 Å². The van der Waals surface area contributed by atoms with Crippen molar-refractivity contribution in [2.45, 2.75) is 25.9 Å². The second kappa shape index (κ2) is 6.32. The van der Waals surface area contributed by atoms with Crippen LogP contribution in [0.4, 0.5) is 0 Å². The van der Waals surface area contributed by atoms with Crippen molar-refractivity contribution in [3.63, 3.8) is 0 Å². The summed E-state index contributed by atoms with van der Waals surface area (Å²) in [7, 11) is 0. The molecule has 100 valence electrons. The summed E-state index contributed by atoms with van der Waals surface area (Å²) in [5.74, 6) is 0. The van der Waals surface area contributed by atoms with Gasteiger partial charge in [-0.05, 0) is 19.0 Å². The summed E-state index contributed by atoms with van der Waals surface area (Å²) in [5, 5.41) is 0. The van der Waals surface area contributed by atoms with E-state index >= 15 is 0 Å². The van der Waals surface area contributed by atoms with Crippen LogP contribution in [-0.2, 0) is 0 Å². The van der Waals surface area contributed by atoms with Crippen LogP contribution in [-0.4, -0.2) is 48.6 Å². The van der Waals surface area contributed by atoms with Gasteiger partial charge in [0.25, 0.3) is 0 Å². The normalized spacial score (nSPS) is 21.7. The molecule has 18 heavy (non-hydrogen) atoms. The molecule has 0 saturated carbocycles. The van der Waals surface area contributed by atoms with E-state index in [-0.39, 0.29) is 6.04 Å². The van der Waals surface area contributed by atoms with Gasteiger partial charge in [-0.2, -0.15) is 0 Å². The molecule has 0 radical (unpaired) electrons. The summed E-state index contributed by atoms with van der Waals surface area (Å²) in [6, 6.07) is 11.0. The maximum atomic E-state index is 6.38. The Morgan fingerprint density at radius 1 is 1.11 bits per heavy atom. The van der Waals surface area contributed by atoms with Crippen LogP contribution in [0.5, 0.6) is 0 Å². The number of rotatable bonds is 4. The molecule has 3 heteroatoms. The molecular weight excluding hydrogens is 222 g/mol. The average Bonchev–Trinajstić information content (AvgIpc) is 2.47. The number of nitrogens with zero attached hydrogens (tertiary/aromatic N) is 2. The van der Waals surface area contributed by atoms with E-state index in [1.54, 1.807) is 0 Å². The lowest BCUT2D eigenvalue weighted by Gasteiger charge is -2.39. The molecule has 2 atom stereocenters. The highest BCUT2D eigenvalue weighted by Gasteiger charge is 2.24. The van der Waals surface area contributed by atoms with Crippen LogP contribution in [0.2, 0.25) is 0 Å². The molecule has 1 saturated heterocycles. The molecule has 1 aliphatic rings. The zero-order valence-electron chi connectivity index (χ0n) is 11.5. The molecule has 1 aliphatic heterocycles. The Balaban J connectivity index is 1.93. The Labute approximate surface area is 111 Å². The first kappa shape index (κ1) is 13.5. The lowest BCUT2D eigenvalue weighted by atomic mass is 10.00. The monoisotopic (exact) mass is 247 g/mol. The summed E-state index contributed by atoms with van der Waals surface area (Å²) >= 11 is 0. The Bertz CT molecular complexity index is 344. The number of piperazine rings is 1. The highest BCUT2D eigenvalue weighted by atomic mass is 15.3. The summed E-state index contributed by atoms with van der Waals surface area (Å²) in [4.78, 5) is 5.01. The van der Waals surface area contributed by atoms with E-state index < -0.39 is 0 Å². The third kappa shape index (κ3) is 3.10. The molecule has 0 spiro atoms. The van der Waals surface area contributed by atoms with Crippen molar-refractivity contribution in [1.29, 1.82) is 0 Å². The summed E-state index contributed by atoms with van der Waals surface area (Å²) in [5.41, 5.74) is 7.62. The molecule has 2 rings (SSSR count). The van der Waals surface area contributed by atoms with E-state index in [1.807, 2.05) is 6.07 Å². The Hall–Kier alpha value is -0.900. The third-order valence-corrected chi connectivity index (χ3v) is 4.13. The fourth-order valence-corrected chi connectivity index (χ4v) is 2.67. The van der Waals surface area contributed by atoms with E-state index in [0.29, 0.717) is 6.04 Å². The largest absolute Gasteiger partial charge is 0.323 e. The average molecular weight is 247 g/mol. The van der Waals surface area contributed by atoms with Gasteiger partial charge in [-0.15, -0.1) is 0 Å². The third-order valence-electron chi connectivity index (χ3n) is 4.13. The molecule has 1 fully saturated rings. The Morgan fingerprint density at radius 2 is 1.72 bits per heavy atom. The Kier molecular flexibility index (Phi) is 4.75. The molecule has 3 nitrogen and oxygen atoms in total. The van der Waals surface area contributed by atoms with Gasteiger partial charge in [0.1, 0.15) is 0 Å². The molecule has 1 heterocycles. The van der Waals surface area contributed by atoms with Gasteiger partial charge in [0.05, 0.1) is 0 Å². The smallest absolute Gasteiger partial charge is 0.0450 e. The zero-order chi connectivity index (χ0) is 13.0. The predicted molar refractivity (Wildman–Crippen MR) is 76.5 cm³/mol. The first-order valence-corrected chi connectivity index (χ1v) is 6.99. The first-order chi connectivity index (χ1) is 8.72. The van der Waals surface area contributed by atoms with Gasteiger partial charge in [0.15, 0.2) is 0 Å². The molecular formula is C15H25N3. The minimum atomic E-state index is 0.111. The number of benzene rings is 1. The maximum absolute atomic E-state index is 6.38. The van der Waals surface area contributed by atoms with Gasteiger partial charge < -0.3 is 10.6 Å². The molecule has 0 aromatic heterocycles. The molecule has 0 amide bonds. The summed E-state index contributed by atoms with van der Waals surface area (Å²) in [6.45, 7) is 10.2. The van der Waals surface area contributed by atoms with Gasteiger partial charge in [-0.1, -0.05) is 37.3 Å². The topological polar surface area (TPSA) is 32.5 Å². The minimum Gasteiger partial charge on any atom is -0.323 e. The lowest BCUT2D eigenvalue weighted by Crippen LogP contribution is -2.51. The van der Waals surface area contributed by atoms with Crippen molar-refractivity contribution in [2.75, 3.05) is 32.7 Å². The number of hydrogen-bond acceptors (Lipinski definition) is 3. The molecule has 1 aromatic rings. The van der Waals surface area contributed by atoms with Crippen LogP contribution >= 0.6 is 0 Å². The van der Waals surface area contributed by atoms with Crippen molar-refractivity contribution >= 4 is 0 Å². The Morgan fingerprint density at radius 3 is 2.28 bits per heavy atom. The van der Waals surface area contributed by atoms with E-state index in [4.69, 9.17) is 5.73 Å². The number of hydrogen-bond donors (Lipinski definition) is 1.